The van der Waals surface area contributed by atoms with E-state index in [1.807, 2.05) is 0 Å². The predicted molar refractivity (Wildman–Crippen MR) is 101 cm³/mol. The Morgan fingerprint density at radius 3 is 2.81 bits per heavy atom. The lowest BCUT2D eigenvalue weighted by Crippen LogP contribution is -2.37. The van der Waals surface area contributed by atoms with Crippen molar-refractivity contribution in [2.75, 3.05) is 30.8 Å². The van der Waals surface area contributed by atoms with E-state index in [2.05, 4.69) is 5.32 Å². The van der Waals surface area contributed by atoms with Crippen LogP contribution in [0.3, 0.4) is 0 Å². The summed E-state index contributed by atoms with van der Waals surface area (Å²) in [5.41, 5.74) is 0.507. The van der Waals surface area contributed by atoms with Gasteiger partial charge in [-0.1, -0.05) is 0 Å². The molecule has 0 saturated carbocycles. The van der Waals surface area contributed by atoms with Gasteiger partial charge in [0.25, 0.3) is 0 Å². The van der Waals surface area contributed by atoms with Crippen LogP contribution in [0.25, 0.3) is 0 Å². The highest BCUT2D eigenvalue weighted by molar-refractivity contribution is 7.98. The van der Waals surface area contributed by atoms with Gasteiger partial charge in [0, 0.05) is 23.7 Å². The summed E-state index contributed by atoms with van der Waals surface area (Å²) in [5, 5.41) is 12.7. The van der Waals surface area contributed by atoms with Crippen LogP contribution in [0.5, 0.6) is 0 Å². The first kappa shape index (κ1) is 19.0. The molecule has 3 heterocycles. The Labute approximate surface area is 160 Å². The van der Waals surface area contributed by atoms with Crippen molar-refractivity contribution in [3.63, 3.8) is 0 Å². The summed E-state index contributed by atoms with van der Waals surface area (Å²) in [6.45, 7) is 4.21. The molecule has 2 aliphatic rings. The second-order valence-electron chi connectivity index (χ2n) is 6.70. The highest BCUT2D eigenvalue weighted by atomic mass is 32.2. The molecule has 1 aromatic rings. The summed E-state index contributed by atoms with van der Waals surface area (Å²) in [6.07, 6.45) is 1.19. The maximum Gasteiger partial charge on any atom is 0.341 e. The van der Waals surface area contributed by atoms with Crippen molar-refractivity contribution < 1.29 is 24.2 Å². The normalized spacial score (nSPS) is 22.0. The number of carboxylic acids is 1. The van der Waals surface area contributed by atoms with Gasteiger partial charge in [0.05, 0.1) is 17.6 Å². The van der Waals surface area contributed by atoms with Crippen LogP contribution in [0.4, 0.5) is 9.80 Å². The molecule has 26 heavy (non-hydrogen) atoms. The molecule has 1 aromatic heterocycles. The number of esters is 1. The molecule has 0 spiro atoms. The molecule has 2 aliphatic heterocycles. The number of thioether (sulfide) groups is 1. The van der Waals surface area contributed by atoms with E-state index in [1.165, 1.54) is 16.2 Å². The quantitative estimate of drug-likeness (QED) is 0.757. The molecule has 1 unspecified atom stereocenters. The van der Waals surface area contributed by atoms with Gasteiger partial charge in [0.15, 0.2) is 0 Å². The van der Waals surface area contributed by atoms with Gasteiger partial charge in [-0.3, -0.25) is 10.1 Å². The first-order valence-corrected chi connectivity index (χ1v) is 10.5. The zero-order valence-electron chi connectivity index (χ0n) is 14.8. The lowest BCUT2D eigenvalue weighted by Gasteiger charge is -2.20. The zero-order chi connectivity index (χ0) is 18.9. The fourth-order valence-electron chi connectivity index (χ4n) is 3.22. The smallest absolute Gasteiger partial charge is 0.341 e. The van der Waals surface area contributed by atoms with Crippen LogP contribution in [0.1, 0.15) is 41.1 Å². The van der Waals surface area contributed by atoms with Crippen molar-refractivity contribution in [3.05, 3.63) is 16.0 Å². The average molecular weight is 399 g/mol. The number of hydrogen-bond acceptors (Lipinski definition) is 6. The number of nitrogens with zero attached hydrogens (tertiary/aromatic N) is 1. The number of anilines is 1. The van der Waals surface area contributed by atoms with E-state index in [-0.39, 0.29) is 19.2 Å². The lowest BCUT2D eigenvalue weighted by atomic mass is 9.90. The second kappa shape index (κ2) is 7.48. The minimum Gasteiger partial charge on any atom is -0.481 e. The Balaban J connectivity index is 1.81. The van der Waals surface area contributed by atoms with Crippen LogP contribution in [-0.2, 0) is 21.7 Å². The van der Waals surface area contributed by atoms with Gasteiger partial charge in [-0.2, -0.15) is 11.8 Å². The van der Waals surface area contributed by atoms with Gasteiger partial charge in [-0.15, -0.1) is 11.3 Å². The van der Waals surface area contributed by atoms with E-state index >= 15 is 0 Å². The molecule has 1 fully saturated rings. The summed E-state index contributed by atoms with van der Waals surface area (Å²) >= 11 is 3.21. The summed E-state index contributed by atoms with van der Waals surface area (Å²) in [7, 11) is 0. The van der Waals surface area contributed by atoms with E-state index in [4.69, 9.17) is 4.74 Å². The fourth-order valence-corrected chi connectivity index (χ4v) is 5.58. The number of carbonyl (C=O) groups excluding carboxylic acids is 2. The molecule has 3 rings (SSSR count). The summed E-state index contributed by atoms with van der Waals surface area (Å²) < 4.78 is 5.18. The molecular formula is C17H22N2O5S2. The summed E-state index contributed by atoms with van der Waals surface area (Å²) in [4.78, 5) is 39.0. The Kier molecular flexibility index (Phi) is 5.47. The minimum absolute atomic E-state index is 0.157. The lowest BCUT2D eigenvalue weighted by molar-refractivity contribution is -0.146. The maximum absolute atomic E-state index is 12.6. The predicted octanol–water partition coefficient (Wildman–Crippen LogP) is 3.04. The Hall–Kier alpha value is -1.74. The number of urea groups is 1. The molecule has 2 N–H and O–H groups in total. The van der Waals surface area contributed by atoms with Crippen LogP contribution in [-0.4, -0.2) is 53.4 Å². The van der Waals surface area contributed by atoms with Crippen LogP contribution in [0.15, 0.2) is 0 Å². The third-order valence-electron chi connectivity index (χ3n) is 4.80. The zero-order valence-corrected chi connectivity index (χ0v) is 16.4. The van der Waals surface area contributed by atoms with Crippen molar-refractivity contribution in [3.8, 4) is 0 Å². The summed E-state index contributed by atoms with van der Waals surface area (Å²) in [5.74, 6) is 0.447. The van der Waals surface area contributed by atoms with Crippen LogP contribution < -0.4 is 5.32 Å². The van der Waals surface area contributed by atoms with Crippen molar-refractivity contribution in [1.82, 2.24) is 4.90 Å². The maximum atomic E-state index is 12.6. The van der Waals surface area contributed by atoms with Gasteiger partial charge < -0.3 is 14.7 Å². The molecular weight excluding hydrogens is 376 g/mol. The van der Waals surface area contributed by atoms with E-state index < -0.39 is 17.4 Å². The van der Waals surface area contributed by atoms with Crippen LogP contribution >= 0.6 is 23.1 Å². The third-order valence-corrected chi connectivity index (χ3v) is 7.11. The number of fused-ring (bicyclic) bond motifs is 1. The number of carboxylic acid groups (broad SMARTS) is 1. The number of amides is 2. The molecule has 9 heteroatoms. The fraction of sp³-hybridized carbons (Fsp3) is 0.588. The van der Waals surface area contributed by atoms with Gasteiger partial charge in [0.1, 0.15) is 5.00 Å². The molecule has 0 aliphatic carbocycles. The minimum atomic E-state index is -0.924. The number of carbonyl (C=O) groups is 3. The van der Waals surface area contributed by atoms with Gasteiger partial charge >= 0.3 is 18.0 Å². The van der Waals surface area contributed by atoms with Crippen molar-refractivity contribution >= 4 is 46.1 Å². The molecule has 142 valence electrons. The molecule has 0 aromatic carbocycles. The molecule has 1 saturated heterocycles. The number of thiophene rings is 1. The van der Waals surface area contributed by atoms with E-state index in [0.29, 0.717) is 23.5 Å². The standard InChI is InChI=1S/C17H22N2O5S2/c1-3-24-14(20)12-10-4-7-25-8-11(10)26-13(12)18-16(23)19-6-5-17(2,9-19)15(21)22/h3-9H2,1-2H3,(H,18,23)(H,21,22). The van der Waals surface area contributed by atoms with Gasteiger partial charge in [-0.05, 0) is 38.0 Å². The van der Waals surface area contributed by atoms with Crippen LogP contribution in [0.2, 0.25) is 0 Å². The molecule has 1 atom stereocenters. The number of ether oxygens (including phenoxy) is 1. The van der Waals surface area contributed by atoms with Crippen molar-refractivity contribution in [2.45, 2.75) is 32.4 Å². The highest BCUT2D eigenvalue weighted by Gasteiger charge is 2.42. The van der Waals surface area contributed by atoms with Crippen molar-refractivity contribution in [2.24, 2.45) is 5.41 Å². The molecule has 0 radical (unpaired) electrons. The number of likely N-dealkylation sites (tertiary alicyclic amines) is 1. The third kappa shape index (κ3) is 3.55. The molecule has 2 amide bonds. The molecule has 7 nitrogen and oxygen atoms in total. The van der Waals surface area contributed by atoms with E-state index in [1.54, 1.807) is 25.6 Å². The van der Waals surface area contributed by atoms with Crippen LogP contribution in [0, 0.1) is 5.41 Å². The SMILES string of the molecule is CCOC(=O)c1c(NC(=O)N2CCC(C)(C(=O)O)C2)sc2c1CCSC2. The number of aliphatic carboxylic acids is 1. The number of rotatable bonds is 4. The first-order chi connectivity index (χ1) is 12.4. The van der Waals surface area contributed by atoms with Gasteiger partial charge in [-0.25, -0.2) is 9.59 Å². The summed E-state index contributed by atoms with van der Waals surface area (Å²) in [6, 6.07) is -0.369. The van der Waals surface area contributed by atoms with E-state index in [9.17, 15) is 19.5 Å². The monoisotopic (exact) mass is 398 g/mol. The Morgan fingerprint density at radius 1 is 1.38 bits per heavy atom. The topological polar surface area (TPSA) is 95.9 Å². The number of nitrogens with one attached hydrogen (secondary N) is 1. The molecule has 0 bridgehead atoms. The first-order valence-electron chi connectivity index (χ1n) is 8.54. The average Bonchev–Trinajstić information content (AvgIpc) is 3.16. The van der Waals surface area contributed by atoms with Gasteiger partial charge in [0.2, 0.25) is 0 Å². The highest BCUT2D eigenvalue weighted by Crippen LogP contribution is 2.40. The largest absolute Gasteiger partial charge is 0.481 e. The Bertz CT molecular complexity index is 748. The van der Waals surface area contributed by atoms with Crippen molar-refractivity contribution in [1.29, 1.82) is 0 Å². The Morgan fingerprint density at radius 2 is 2.15 bits per heavy atom. The number of hydrogen-bond donors (Lipinski definition) is 2. The van der Waals surface area contributed by atoms with E-state index in [0.717, 1.165) is 28.4 Å². The second-order valence-corrected chi connectivity index (χ2v) is 8.91.